The molecule has 1 aromatic carbocycles. The van der Waals surface area contributed by atoms with E-state index in [4.69, 9.17) is 37.1 Å². The standard InChI is InChI=1S/C61H102N14O14/c1-12-32(5)44(70-53(79)42(27-22-28-67-61(64)65)69-51(77)40(62)30-87-58(84)45(33(6)13-2)71-54(80)43(66-11)29-38-23-18-16-19-24-38)55(81)72-46(34(7)14-3)59(85)88-31-41(63)52(78)74-48-37(10)89-60(86)47(35(8)15-4)73-57(83)49(39-25-20-17-21-26-39)75-50(76)36(9)68-56(48)82/h16,18-19,23-24,32-37,39-49,66H,12-15,17,20-22,25-31,62-63H2,1-11H3,(H,68,82)(H,69,77)(H,70,79)(H,71,80)(H,72,81)(H,73,83)(H,74,78)(H,75,76)(H4,64,65,67)/t32-,33-,34-,35-,36-,37-,40-,41-,42+,43+,44+,45-,46-,47-,48+,49-/m0/s1. The number of benzene rings is 1. The summed E-state index contributed by atoms with van der Waals surface area (Å²) in [6.45, 7) is 15.4. The molecular weight excluding hydrogens is 1150 g/mol. The molecule has 1 saturated heterocycles. The molecule has 0 spiro atoms. The number of amides is 8. The number of ether oxygens (including phenoxy) is 3. The van der Waals surface area contributed by atoms with Crippen LogP contribution in [0.5, 0.6) is 0 Å². The second-order valence-corrected chi connectivity index (χ2v) is 23.7. The Labute approximate surface area is 523 Å². The molecule has 28 heteroatoms. The van der Waals surface area contributed by atoms with Gasteiger partial charge in [-0.05, 0) is 88.2 Å². The Bertz CT molecular complexity index is 2550. The van der Waals surface area contributed by atoms with Gasteiger partial charge in [0.15, 0.2) is 5.96 Å². The molecular formula is C61H102N14O14. The Morgan fingerprint density at radius 2 is 1.17 bits per heavy atom. The van der Waals surface area contributed by atoms with Gasteiger partial charge >= 0.3 is 17.9 Å². The average Bonchev–Trinajstić information content (AvgIpc) is 3.46. The van der Waals surface area contributed by atoms with Crippen LogP contribution in [0.3, 0.4) is 0 Å². The normalized spacial score (nSPS) is 22.2. The van der Waals surface area contributed by atoms with Crippen molar-refractivity contribution in [3.63, 3.8) is 0 Å². The first-order valence-corrected chi connectivity index (χ1v) is 31.4. The lowest BCUT2D eigenvalue weighted by atomic mass is 9.83. The molecule has 0 bridgehead atoms. The fraction of sp³-hybridized carbons (Fsp3) is 0.705. The number of carbonyl (C=O) groups is 11. The zero-order valence-electron chi connectivity index (χ0n) is 53.8. The van der Waals surface area contributed by atoms with Crippen molar-refractivity contribution >= 4 is 71.1 Å². The Kier molecular flexibility index (Phi) is 32.5. The SMILES string of the molecule is CC[C@H](C)[C@H](NC(=O)[C@@H](Cc1ccccc1)NC)C(=O)OC[C@H](N)C(=O)N[C@H](CCCN=C(N)N)C(=O)N[C@@H](C(=O)N[C@H](C(=O)OC[C@H](N)C(=O)N[C@H]1C(=O)N[C@@H](C)C(=O)N[C@@H](C2CCCCC2)C(=O)N[C@@H]([C@@H](C)CC)C(=O)O[C@H]1C)[C@@H](C)CC)[C@@H](C)CC. The Hall–Kier alpha value is -7.46. The molecule has 1 aliphatic carbocycles. The van der Waals surface area contributed by atoms with Gasteiger partial charge in [-0.25, -0.2) is 14.4 Å². The maximum absolute atomic E-state index is 14.3. The molecule has 1 aromatic rings. The quantitative estimate of drug-likeness (QED) is 0.0138. The first kappa shape index (κ1) is 75.8. The third kappa shape index (κ3) is 24.1. The van der Waals surface area contributed by atoms with Gasteiger partial charge in [-0.3, -0.25) is 43.3 Å². The highest BCUT2D eigenvalue weighted by atomic mass is 16.6. The number of rotatable bonds is 32. The lowest BCUT2D eigenvalue weighted by Crippen LogP contribution is -2.60. The highest BCUT2D eigenvalue weighted by Gasteiger charge is 2.41. The van der Waals surface area contributed by atoms with Gasteiger partial charge in [-0.15, -0.1) is 0 Å². The third-order valence-electron chi connectivity index (χ3n) is 16.9. The molecule has 28 nitrogen and oxygen atoms in total. The molecule has 3 rings (SSSR count). The summed E-state index contributed by atoms with van der Waals surface area (Å²) in [6, 6.07) is -4.64. The van der Waals surface area contributed by atoms with Crippen molar-refractivity contribution in [2.24, 2.45) is 57.5 Å². The Balaban J connectivity index is 1.77. The molecule has 8 amide bonds. The van der Waals surface area contributed by atoms with Crippen LogP contribution in [-0.4, -0.2) is 170 Å². The van der Waals surface area contributed by atoms with Crippen LogP contribution in [-0.2, 0) is 73.4 Å². The number of nitrogens with zero attached hydrogens (tertiary/aromatic N) is 1. The van der Waals surface area contributed by atoms with E-state index in [2.05, 4.69) is 52.8 Å². The number of aliphatic imine (C=N–C) groups is 1. The number of hydrogen-bond acceptors (Lipinski definition) is 18. The van der Waals surface area contributed by atoms with Crippen LogP contribution < -0.4 is 70.8 Å². The first-order chi connectivity index (χ1) is 42.1. The summed E-state index contributed by atoms with van der Waals surface area (Å²) in [5, 5.41) is 24.3. The van der Waals surface area contributed by atoms with Crippen LogP contribution in [0.25, 0.3) is 0 Å². The van der Waals surface area contributed by atoms with Gasteiger partial charge in [0.2, 0.25) is 47.3 Å². The second-order valence-electron chi connectivity index (χ2n) is 23.7. The molecule has 500 valence electrons. The van der Waals surface area contributed by atoms with Crippen LogP contribution in [0, 0.1) is 29.6 Å². The fourth-order valence-electron chi connectivity index (χ4n) is 10.1. The van der Waals surface area contributed by atoms with Gasteiger partial charge in [0, 0.05) is 6.54 Å². The summed E-state index contributed by atoms with van der Waals surface area (Å²) in [5.41, 5.74) is 24.5. The van der Waals surface area contributed by atoms with E-state index >= 15 is 0 Å². The van der Waals surface area contributed by atoms with Gasteiger partial charge in [0.1, 0.15) is 79.7 Å². The molecule has 2 fully saturated rings. The van der Waals surface area contributed by atoms with Gasteiger partial charge < -0.3 is 85.0 Å². The Morgan fingerprint density at radius 3 is 1.71 bits per heavy atom. The fourth-order valence-corrected chi connectivity index (χ4v) is 10.1. The first-order valence-electron chi connectivity index (χ1n) is 31.4. The number of hydrogen-bond donors (Lipinski definition) is 13. The molecule has 17 N–H and O–H groups in total. The van der Waals surface area contributed by atoms with E-state index < -0.39 is 169 Å². The van der Waals surface area contributed by atoms with Crippen molar-refractivity contribution in [1.82, 2.24) is 47.9 Å². The van der Waals surface area contributed by atoms with Gasteiger partial charge in [0.05, 0.1) is 6.04 Å². The van der Waals surface area contributed by atoms with E-state index in [1.165, 1.54) is 13.8 Å². The zero-order valence-corrected chi connectivity index (χ0v) is 53.8. The summed E-state index contributed by atoms with van der Waals surface area (Å²) in [5.74, 6) is -11.2. The monoisotopic (exact) mass is 1250 g/mol. The molecule has 89 heavy (non-hydrogen) atoms. The van der Waals surface area contributed by atoms with Crippen molar-refractivity contribution < 1.29 is 67.0 Å². The highest BCUT2D eigenvalue weighted by Crippen LogP contribution is 2.28. The van der Waals surface area contributed by atoms with Crippen LogP contribution in [0.1, 0.15) is 145 Å². The third-order valence-corrected chi connectivity index (χ3v) is 16.9. The average molecular weight is 1260 g/mol. The van der Waals surface area contributed by atoms with Crippen molar-refractivity contribution in [2.75, 3.05) is 26.8 Å². The topological polar surface area (TPSA) is 440 Å². The van der Waals surface area contributed by atoms with Crippen LogP contribution in [0.15, 0.2) is 35.3 Å². The molecule has 0 radical (unpaired) electrons. The van der Waals surface area contributed by atoms with E-state index in [9.17, 15) is 52.7 Å². The van der Waals surface area contributed by atoms with Crippen LogP contribution in [0.4, 0.5) is 0 Å². The Morgan fingerprint density at radius 1 is 0.640 bits per heavy atom. The summed E-state index contributed by atoms with van der Waals surface area (Å²) >= 11 is 0. The van der Waals surface area contributed by atoms with Crippen LogP contribution >= 0.6 is 0 Å². The molecule has 0 aromatic heterocycles. The van der Waals surface area contributed by atoms with Gasteiger partial charge in [-0.2, -0.15) is 0 Å². The number of esters is 3. The predicted octanol–water partition coefficient (Wildman–Crippen LogP) is -0.780. The van der Waals surface area contributed by atoms with Crippen molar-refractivity contribution in [1.29, 1.82) is 0 Å². The minimum absolute atomic E-state index is 0.0543. The second kappa shape index (κ2) is 38.2. The smallest absolute Gasteiger partial charge is 0.329 e. The van der Waals surface area contributed by atoms with Crippen LogP contribution in [0.2, 0.25) is 0 Å². The van der Waals surface area contributed by atoms with E-state index in [0.29, 0.717) is 44.9 Å². The molecule has 1 heterocycles. The van der Waals surface area contributed by atoms with Gasteiger partial charge in [0.25, 0.3) is 0 Å². The minimum Gasteiger partial charge on any atom is -0.462 e. The largest absolute Gasteiger partial charge is 0.462 e. The lowest BCUT2D eigenvalue weighted by molar-refractivity contribution is -0.158. The van der Waals surface area contributed by atoms with Gasteiger partial charge in [-0.1, -0.05) is 131 Å². The number of cyclic esters (lactones) is 1. The highest BCUT2D eigenvalue weighted by molar-refractivity contribution is 5.97. The predicted molar refractivity (Wildman–Crippen MR) is 332 cm³/mol. The molecule has 16 atom stereocenters. The number of likely N-dealkylation sites (N-methyl/N-ethyl adjacent to an activating group) is 1. The number of nitrogens with one attached hydrogen (secondary N) is 9. The van der Waals surface area contributed by atoms with Crippen molar-refractivity contribution in [2.45, 2.75) is 219 Å². The minimum atomic E-state index is -1.64. The number of nitrogens with two attached hydrogens (primary N) is 4. The van der Waals surface area contributed by atoms with E-state index in [0.717, 1.165) is 24.8 Å². The summed E-state index contributed by atoms with van der Waals surface area (Å²) < 4.78 is 16.8. The van der Waals surface area contributed by atoms with E-state index in [-0.39, 0.29) is 37.2 Å². The number of guanidine groups is 1. The maximum Gasteiger partial charge on any atom is 0.329 e. The summed E-state index contributed by atoms with van der Waals surface area (Å²) in [4.78, 5) is 156. The molecule has 1 aliphatic heterocycles. The van der Waals surface area contributed by atoms with E-state index in [1.54, 1.807) is 48.6 Å². The number of carbonyl (C=O) groups excluding carboxylic acids is 11. The molecule has 2 aliphatic rings. The molecule has 1 saturated carbocycles. The van der Waals surface area contributed by atoms with Crippen molar-refractivity contribution in [3.05, 3.63) is 35.9 Å². The summed E-state index contributed by atoms with van der Waals surface area (Å²) in [6.07, 6.45) is 4.69. The lowest BCUT2D eigenvalue weighted by Gasteiger charge is -2.32. The summed E-state index contributed by atoms with van der Waals surface area (Å²) in [7, 11) is 1.63. The zero-order chi connectivity index (χ0) is 66.7. The van der Waals surface area contributed by atoms with Crippen molar-refractivity contribution in [3.8, 4) is 0 Å². The maximum atomic E-state index is 14.3. The van der Waals surface area contributed by atoms with E-state index in [1.807, 2.05) is 44.2 Å². The molecule has 0 unspecified atom stereocenters.